The van der Waals surface area contributed by atoms with Crippen LogP contribution in [0.15, 0.2) is 30.5 Å². The molecule has 3 N–H and O–H groups in total. The Hall–Kier alpha value is -2.68. The first-order chi connectivity index (χ1) is 13.0. The van der Waals surface area contributed by atoms with Crippen molar-refractivity contribution in [3.05, 3.63) is 36.0 Å². The number of rotatable bonds is 3. The van der Waals surface area contributed by atoms with Crippen LogP contribution in [0.2, 0.25) is 0 Å². The van der Waals surface area contributed by atoms with Crippen molar-refractivity contribution in [2.24, 2.45) is 11.7 Å². The first-order valence-corrected chi connectivity index (χ1v) is 8.79. The molecule has 0 spiro atoms. The number of halogens is 3. The predicted octanol–water partition coefficient (Wildman–Crippen LogP) is 3.21. The number of alkyl halides is 3. The Morgan fingerprint density at radius 1 is 1.22 bits per heavy atom. The second-order valence-electron chi connectivity index (χ2n) is 6.74. The summed E-state index contributed by atoms with van der Waals surface area (Å²) in [5.41, 5.74) is 6.06. The molecule has 3 aromatic heterocycles. The first-order valence-electron chi connectivity index (χ1n) is 8.79. The Balaban J connectivity index is 1.78. The van der Waals surface area contributed by atoms with Gasteiger partial charge in [0.1, 0.15) is 5.82 Å². The number of nitrogens with two attached hydrogens (primary N) is 1. The van der Waals surface area contributed by atoms with Crippen LogP contribution in [0.1, 0.15) is 18.4 Å². The lowest BCUT2D eigenvalue weighted by Crippen LogP contribution is -2.36. The highest BCUT2D eigenvalue weighted by Gasteiger charge is 2.33. The Bertz CT molecular complexity index is 944. The summed E-state index contributed by atoms with van der Waals surface area (Å²) in [5.74, 6) is 0.732. The van der Waals surface area contributed by atoms with E-state index in [2.05, 4.69) is 20.2 Å². The van der Waals surface area contributed by atoms with Crippen molar-refractivity contribution in [1.82, 2.24) is 20.2 Å². The highest BCUT2D eigenvalue weighted by atomic mass is 19.4. The molecular formula is C18H19F3N6. The number of aromatic nitrogens is 4. The summed E-state index contributed by atoms with van der Waals surface area (Å²) in [4.78, 5) is 10.5. The molecule has 0 atom stereocenters. The smallest absolute Gasteiger partial charge is 0.357 e. The van der Waals surface area contributed by atoms with Crippen molar-refractivity contribution in [3.63, 3.8) is 0 Å². The minimum Gasteiger partial charge on any atom is -0.357 e. The van der Waals surface area contributed by atoms with Crippen molar-refractivity contribution in [2.75, 3.05) is 24.5 Å². The summed E-state index contributed by atoms with van der Waals surface area (Å²) in [6.45, 7) is 1.88. The van der Waals surface area contributed by atoms with Crippen molar-refractivity contribution >= 4 is 16.9 Å². The van der Waals surface area contributed by atoms with Gasteiger partial charge in [-0.1, -0.05) is 0 Å². The van der Waals surface area contributed by atoms with E-state index in [-0.39, 0.29) is 5.69 Å². The zero-order chi connectivity index (χ0) is 19.0. The third kappa shape index (κ3) is 3.46. The Morgan fingerprint density at radius 2 is 2.00 bits per heavy atom. The third-order valence-corrected chi connectivity index (χ3v) is 5.00. The molecule has 6 nitrogen and oxygen atoms in total. The molecule has 0 aromatic carbocycles. The fourth-order valence-electron chi connectivity index (χ4n) is 3.41. The molecule has 0 aliphatic carbocycles. The zero-order valence-electron chi connectivity index (χ0n) is 14.5. The van der Waals surface area contributed by atoms with E-state index in [1.165, 1.54) is 0 Å². The predicted molar refractivity (Wildman–Crippen MR) is 96.1 cm³/mol. The SMILES string of the molecule is NCC1CCN(c2cc(C(F)(F)F)cc(-c3[nH]nc4ncccc34)n2)CC1. The average molecular weight is 376 g/mol. The number of fused-ring (bicyclic) bond motifs is 1. The van der Waals surface area contributed by atoms with Gasteiger partial charge >= 0.3 is 6.18 Å². The zero-order valence-corrected chi connectivity index (χ0v) is 14.5. The third-order valence-electron chi connectivity index (χ3n) is 5.00. The number of hydrogen-bond donors (Lipinski definition) is 2. The van der Waals surface area contributed by atoms with Crippen molar-refractivity contribution in [2.45, 2.75) is 19.0 Å². The second kappa shape index (κ2) is 6.80. The molecule has 1 saturated heterocycles. The van der Waals surface area contributed by atoms with Gasteiger partial charge in [0.15, 0.2) is 5.65 Å². The Kier molecular flexibility index (Phi) is 4.47. The van der Waals surface area contributed by atoms with Crippen LogP contribution in [0.4, 0.5) is 19.0 Å². The quantitative estimate of drug-likeness (QED) is 0.733. The largest absolute Gasteiger partial charge is 0.416 e. The lowest BCUT2D eigenvalue weighted by molar-refractivity contribution is -0.137. The summed E-state index contributed by atoms with van der Waals surface area (Å²) >= 11 is 0. The van der Waals surface area contributed by atoms with Gasteiger partial charge in [0.25, 0.3) is 0 Å². The molecule has 0 amide bonds. The molecule has 4 rings (SSSR count). The van der Waals surface area contributed by atoms with Gasteiger partial charge in [0.05, 0.1) is 17.0 Å². The highest BCUT2D eigenvalue weighted by molar-refractivity contribution is 5.89. The van der Waals surface area contributed by atoms with Crippen LogP contribution in [-0.4, -0.2) is 39.8 Å². The molecule has 3 aromatic rings. The summed E-state index contributed by atoms with van der Waals surface area (Å²) < 4.78 is 40.5. The molecule has 1 aliphatic rings. The molecule has 9 heteroatoms. The molecule has 0 radical (unpaired) electrons. The first kappa shape index (κ1) is 17.7. The molecular weight excluding hydrogens is 357 g/mol. The van der Waals surface area contributed by atoms with E-state index in [9.17, 15) is 13.2 Å². The van der Waals surface area contributed by atoms with Crippen LogP contribution in [-0.2, 0) is 6.18 Å². The van der Waals surface area contributed by atoms with Gasteiger partial charge in [-0.05, 0) is 49.6 Å². The van der Waals surface area contributed by atoms with Crippen LogP contribution in [0, 0.1) is 5.92 Å². The minimum atomic E-state index is -4.46. The normalized spacial score (nSPS) is 16.2. The number of H-pyrrole nitrogens is 1. The second-order valence-corrected chi connectivity index (χ2v) is 6.74. The molecule has 1 fully saturated rings. The average Bonchev–Trinajstić information content (AvgIpc) is 3.11. The molecule has 0 unspecified atom stereocenters. The number of anilines is 1. The van der Waals surface area contributed by atoms with E-state index in [1.807, 2.05) is 4.90 Å². The van der Waals surface area contributed by atoms with Gasteiger partial charge < -0.3 is 10.6 Å². The number of nitrogens with one attached hydrogen (secondary N) is 1. The van der Waals surface area contributed by atoms with E-state index in [4.69, 9.17) is 5.73 Å². The Morgan fingerprint density at radius 3 is 2.70 bits per heavy atom. The lowest BCUT2D eigenvalue weighted by atomic mass is 9.97. The van der Waals surface area contributed by atoms with Gasteiger partial charge in [-0.25, -0.2) is 9.97 Å². The molecule has 142 valence electrons. The van der Waals surface area contributed by atoms with Crippen LogP contribution in [0.3, 0.4) is 0 Å². The van der Waals surface area contributed by atoms with Gasteiger partial charge in [0, 0.05) is 24.7 Å². The molecule has 4 heterocycles. The van der Waals surface area contributed by atoms with Crippen LogP contribution in [0.25, 0.3) is 22.4 Å². The summed E-state index contributed by atoms with van der Waals surface area (Å²) in [7, 11) is 0. The maximum absolute atomic E-state index is 13.5. The fourth-order valence-corrected chi connectivity index (χ4v) is 3.41. The summed E-state index contributed by atoms with van der Waals surface area (Å²) in [5, 5.41) is 7.48. The van der Waals surface area contributed by atoms with Gasteiger partial charge in [-0.2, -0.15) is 18.3 Å². The topological polar surface area (TPSA) is 83.7 Å². The summed E-state index contributed by atoms with van der Waals surface area (Å²) in [6.07, 6.45) is -1.18. The van der Waals surface area contributed by atoms with Crippen LogP contribution in [0.5, 0.6) is 0 Å². The molecule has 27 heavy (non-hydrogen) atoms. The van der Waals surface area contributed by atoms with Gasteiger partial charge in [-0.3, -0.25) is 5.10 Å². The van der Waals surface area contributed by atoms with Crippen molar-refractivity contribution < 1.29 is 13.2 Å². The van der Waals surface area contributed by atoms with E-state index >= 15 is 0 Å². The number of hydrogen-bond acceptors (Lipinski definition) is 5. The number of aromatic amines is 1. The number of piperidine rings is 1. The Labute approximate surface area is 153 Å². The van der Waals surface area contributed by atoms with Crippen LogP contribution >= 0.6 is 0 Å². The fraction of sp³-hybridized carbons (Fsp3) is 0.389. The maximum Gasteiger partial charge on any atom is 0.416 e. The molecule has 0 saturated carbocycles. The number of pyridine rings is 2. The van der Waals surface area contributed by atoms with E-state index in [0.717, 1.165) is 25.0 Å². The number of nitrogens with zero attached hydrogens (tertiary/aromatic N) is 4. The molecule has 0 bridgehead atoms. The van der Waals surface area contributed by atoms with Crippen molar-refractivity contribution in [1.29, 1.82) is 0 Å². The standard InChI is InChI=1S/C18H19F3N6/c19-18(20,21)12-8-14(16-13-2-1-5-23-17(13)26-25-16)24-15(9-12)27-6-3-11(10-22)4-7-27/h1-2,5,8-9,11H,3-4,6-7,10,22H2,(H,23,25,26). The van der Waals surface area contributed by atoms with Crippen molar-refractivity contribution in [3.8, 4) is 11.4 Å². The van der Waals surface area contributed by atoms with Gasteiger partial charge in [0.2, 0.25) is 0 Å². The van der Waals surface area contributed by atoms with E-state index in [0.29, 0.717) is 48.1 Å². The van der Waals surface area contributed by atoms with Crippen LogP contribution < -0.4 is 10.6 Å². The lowest BCUT2D eigenvalue weighted by Gasteiger charge is -2.32. The van der Waals surface area contributed by atoms with E-state index < -0.39 is 11.7 Å². The highest BCUT2D eigenvalue weighted by Crippen LogP contribution is 2.35. The monoisotopic (exact) mass is 376 g/mol. The molecule has 1 aliphatic heterocycles. The summed E-state index contributed by atoms with van der Waals surface area (Å²) in [6, 6.07) is 5.64. The van der Waals surface area contributed by atoms with E-state index in [1.54, 1.807) is 18.3 Å². The minimum absolute atomic E-state index is 0.205. The maximum atomic E-state index is 13.5. The van der Waals surface area contributed by atoms with Gasteiger partial charge in [-0.15, -0.1) is 0 Å².